The summed E-state index contributed by atoms with van der Waals surface area (Å²) in [5.41, 5.74) is 16.6. The molecule has 0 bridgehead atoms. The molecule has 1 aliphatic carbocycles. The van der Waals surface area contributed by atoms with Crippen molar-refractivity contribution in [2.24, 2.45) is 11.7 Å². The predicted molar refractivity (Wildman–Crippen MR) is 105 cm³/mol. The van der Waals surface area contributed by atoms with Gasteiger partial charge in [0.05, 0.1) is 17.3 Å². The van der Waals surface area contributed by atoms with Gasteiger partial charge in [-0.15, -0.1) is 12.2 Å². The van der Waals surface area contributed by atoms with Gasteiger partial charge < -0.3 is 10.6 Å². The second kappa shape index (κ2) is 9.26. The van der Waals surface area contributed by atoms with Crippen molar-refractivity contribution in [3.63, 3.8) is 0 Å². The van der Waals surface area contributed by atoms with Crippen LogP contribution in [0, 0.1) is 18.3 Å². The summed E-state index contributed by atoms with van der Waals surface area (Å²) in [6.07, 6.45) is 10.9. The molecule has 0 spiro atoms. The van der Waals surface area contributed by atoms with E-state index in [1.165, 1.54) is 16.7 Å². The zero-order valence-electron chi connectivity index (χ0n) is 16.0. The standard InChI is InChI=1S/C20H26N2.C2H6/c1-6-14(4)9-10-17-13-22(12-11-16(17)7-2)20-15(5)18(8-3)19(20)21;1-2/h3,10,18H,5-7,11-13,21H2,1-2,4H3;1-2H3. The van der Waals surface area contributed by atoms with Gasteiger partial charge in [0.25, 0.3) is 0 Å². The molecule has 0 radical (unpaired) electrons. The van der Waals surface area contributed by atoms with Gasteiger partial charge in [-0.2, -0.15) is 0 Å². The van der Waals surface area contributed by atoms with Gasteiger partial charge in [-0.1, -0.05) is 45.8 Å². The minimum Gasteiger partial charge on any atom is -0.399 e. The lowest BCUT2D eigenvalue weighted by Gasteiger charge is -2.41. The number of nitrogens with two attached hydrogens (primary N) is 1. The first-order chi connectivity index (χ1) is 11.5. The lowest BCUT2D eigenvalue weighted by Crippen LogP contribution is -2.40. The highest BCUT2D eigenvalue weighted by molar-refractivity contribution is 5.53. The van der Waals surface area contributed by atoms with Crippen molar-refractivity contribution in [3.8, 4) is 12.3 Å². The van der Waals surface area contributed by atoms with Crippen molar-refractivity contribution in [2.75, 3.05) is 13.1 Å². The van der Waals surface area contributed by atoms with Gasteiger partial charge in [0.1, 0.15) is 0 Å². The summed E-state index contributed by atoms with van der Waals surface area (Å²) in [7, 11) is 0. The molecule has 130 valence electrons. The van der Waals surface area contributed by atoms with Crippen LogP contribution in [0.15, 0.2) is 52.1 Å². The quantitative estimate of drug-likeness (QED) is 0.587. The van der Waals surface area contributed by atoms with Crippen LogP contribution in [0.25, 0.3) is 0 Å². The summed E-state index contributed by atoms with van der Waals surface area (Å²) in [6.45, 7) is 16.5. The monoisotopic (exact) mass is 324 g/mol. The summed E-state index contributed by atoms with van der Waals surface area (Å²) < 4.78 is 0. The third-order valence-electron chi connectivity index (χ3n) is 4.67. The minimum absolute atomic E-state index is 0.0761. The molecule has 2 rings (SSSR count). The Bertz CT molecular complexity index is 646. The Labute approximate surface area is 148 Å². The molecular weight excluding hydrogens is 292 g/mol. The van der Waals surface area contributed by atoms with E-state index < -0.39 is 0 Å². The van der Waals surface area contributed by atoms with Crippen LogP contribution in [-0.4, -0.2) is 18.0 Å². The van der Waals surface area contributed by atoms with Gasteiger partial charge in [0.15, 0.2) is 0 Å². The van der Waals surface area contributed by atoms with Gasteiger partial charge in [0.2, 0.25) is 0 Å². The van der Waals surface area contributed by atoms with Crippen LogP contribution in [0.2, 0.25) is 0 Å². The van der Waals surface area contributed by atoms with E-state index >= 15 is 0 Å². The molecular formula is C22H32N2. The molecule has 2 heteroatoms. The first kappa shape index (κ1) is 19.9. The highest BCUT2D eigenvalue weighted by Crippen LogP contribution is 2.39. The Morgan fingerprint density at radius 1 is 1.42 bits per heavy atom. The van der Waals surface area contributed by atoms with Crippen LogP contribution in [0.1, 0.15) is 53.9 Å². The molecule has 1 atom stereocenters. The van der Waals surface area contributed by atoms with Gasteiger partial charge >= 0.3 is 0 Å². The maximum atomic E-state index is 6.14. The summed E-state index contributed by atoms with van der Waals surface area (Å²) >= 11 is 0. The third kappa shape index (κ3) is 4.05. The maximum absolute atomic E-state index is 6.14. The predicted octanol–water partition coefficient (Wildman–Crippen LogP) is 4.93. The third-order valence-corrected chi connectivity index (χ3v) is 4.67. The van der Waals surface area contributed by atoms with E-state index in [1.54, 1.807) is 0 Å². The molecule has 24 heavy (non-hydrogen) atoms. The molecule has 0 amide bonds. The first-order valence-electron chi connectivity index (χ1n) is 9.06. The Morgan fingerprint density at radius 3 is 2.58 bits per heavy atom. The Morgan fingerprint density at radius 2 is 2.08 bits per heavy atom. The number of hydrogen-bond donors (Lipinski definition) is 1. The molecule has 0 aromatic rings. The molecule has 0 aromatic heterocycles. The molecule has 1 aliphatic heterocycles. The topological polar surface area (TPSA) is 29.3 Å². The number of rotatable bonds is 4. The normalized spacial score (nSPS) is 19.8. The van der Waals surface area contributed by atoms with Crippen LogP contribution >= 0.6 is 0 Å². The van der Waals surface area contributed by atoms with Crippen molar-refractivity contribution in [3.05, 3.63) is 52.1 Å². The minimum atomic E-state index is -0.0761. The van der Waals surface area contributed by atoms with Crippen LogP contribution in [0.4, 0.5) is 0 Å². The number of allylic oxidation sites excluding steroid dienone is 2. The number of nitrogens with zero attached hydrogens (tertiary/aromatic N) is 1. The van der Waals surface area contributed by atoms with Gasteiger partial charge in [-0.05, 0) is 49.0 Å². The van der Waals surface area contributed by atoms with Crippen molar-refractivity contribution in [1.29, 1.82) is 0 Å². The fourth-order valence-electron chi connectivity index (χ4n) is 3.03. The highest BCUT2D eigenvalue weighted by Gasteiger charge is 2.35. The molecule has 2 N–H and O–H groups in total. The van der Waals surface area contributed by atoms with E-state index in [0.29, 0.717) is 0 Å². The molecule has 1 heterocycles. The summed E-state index contributed by atoms with van der Waals surface area (Å²) in [6, 6.07) is 0. The zero-order chi connectivity index (χ0) is 18.3. The number of hydrogen-bond acceptors (Lipinski definition) is 2. The number of terminal acetylenes is 1. The lowest BCUT2D eigenvalue weighted by atomic mass is 9.81. The fraction of sp³-hybridized carbons (Fsp3) is 0.500. The Kier molecular flexibility index (Phi) is 7.69. The summed E-state index contributed by atoms with van der Waals surface area (Å²) in [4.78, 5) is 2.32. The van der Waals surface area contributed by atoms with Crippen molar-refractivity contribution < 1.29 is 0 Å². The van der Waals surface area contributed by atoms with Gasteiger partial charge in [-0.3, -0.25) is 0 Å². The fourth-order valence-corrected chi connectivity index (χ4v) is 3.03. The average Bonchev–Trinajstić information content (AvgIpc) is 2.62. The zero-order valence-corrected chi connectivity index (χ0v) is 16.0. The van der Waals surface area contributed by atoms with E-state index in [9.17, 15) is 0 Å². The molecule has 0 saturated heterocycles. The molecule has 0 aromatic carbocycles. The Hall–Kier alpha value is -2.10. The van der Waals surface area contributed by atoms with Crippen LogP contribution < -0.4 is 5.73 Å². The van der Waals surface area contributed by atoms with Crippen molar-refractivity contribution in [1.82, 2.24) is 4.90 Å². The second-order valence-corrected chi connectivity index (χ2v) is 6.01. The molecule has 0 fully saturated rings. The molecule has 2 aliphatic rings. The highest BCUT2D eigenvalue weighted by atomic mass is 15.2. The van der Waals surface area contributed by atoms with Crippen molar-refractivity contribution >= 4 is 0 Å². The molecule has 0 saturated carbocycles. The average molecular weight is 325 g/mol. The first-order valence-corrected chi connectivity index (χ1v) is 9.06. The van der Waals surface area contributed by atoms with E-state index in [1.807, 2.05) is 13.8 Å². The maximum Gasteiger partial charge on any atom is 0.0879 e. The Balaban J connectivity index is 0.00000139. The lowest BCUT2D eigenvalue weighted by molar-refractivity contribution is 0.341. The van der Waals surface area contributed by atoms with E-state index in [0.717, 1.165) is 49.3 Å². The van der Waals surface area contributed by atoms with Gasteiger partial charge in [-0.25, -0.2) is 0 Å². The molecule has 1 unspecified atom stereocenters. The largest absolute Gasteiger partial charge is 0.399 e. The second-order valence-electron chi connectivity index (χ2n) is 6.01. The van der Waals surface area contributed by atoms with Crippen LogP contribution in [0.5, 0.6) is 0 Å². The molecule has 2 nitrogen and oxygen atoms in total. The van der Waals surface area contributed by atoms with E-state index in [2.05, 4.69) is 50.0 Å². The van der Waals surface area contributed by atoms with E-state index in [4.69, 9.17) is 12.2 Å². The smallest absolute Gasteiger partial charge is 0.0879 e. The SMILES string of the molecule is C#CC1C(=C)C(N2CCC(CC)=C(C=C=C(C)CC)C2)=C1N.CC. The summed E-state index contributed by atoms with van der Waals surface area (Å²) in [5.74, 6) is 2.63. The summed E-state index contributed by atoms with van der Waals surface area (Å²) in [5, 5.41) is 0. The van der Waals surface area contributed by atoms with Gasteiger partial charge in [0, 0.05) is 13.1 Å². The van der Waals surface area contributed by atoms with Crippen LogP contribution in [-0.2, 0) is 0 Å². The van der Waals surface area contributed by atoms with Crippen LogP contribution in [0.3, 0.4) is 0 Å². The van der Waals surface area contributed by atoms with Crippen molar-refractivity contribution in [2.45, 2.75) is 53.9 Å². The van der Waals surface area contributed by atoms with E-state index in [-0.39, 0.29) is 5.92 Å².